The summed E-state index contributed by atoms with van der Waals surface area (Å²) in [4.78, 5) is 0. The van der Waals surface area contributed by atoms with Crippen LogP contribution in [0.3, 0.4) is 0 Å². The molecule has 0 amide bonds. The molecule has 0 saturated heterocycles. The number of halogens is 2. The highest BCUT2D eigenvalue weighted by Gasteiger charge is 2.28. The van der Waals surface area contributed by atoms with Gasteiger partial charge in [-0.25, -0.2) is 0 Å². The van der Waals surface area contributed by atoms with Crippen molar-refractivity contribution in [2.45, 2.75) is 45.8 Å². The minimum absolute atomic E-state index is 0.439. The first-order valence-corrected chi connectivity index (χ1v) is 8.28. The lowest BCUT2D eigenvalue weighted by molar-refractivity contribution is 0.0554. The van der Waals surface area contributed by atoms with Gasteiger partial charge in [-0.15, -0.1) is 0 Å². The Kier molecular flexibility index (Phi) is 5.12. The van der Waals surface area contributed by atoms with Gasteiger partial charge < -0.3 is 5.11 Å². The van der Waals surface area contributed by atoms with Crippen LogP contribution in [0.4, 0.5) is 0 Å². The fourth-order valence-electron chi connectivity index (χ4n) is 2.42. The largest absolute Gasteiger partial charge is 0.385 e. The Morgan fingerprint density at radius 3 is 2.43 bits per heavy atom. The Bertz CT molecular complexity index is 620. The number of benzene rings is 1. The molecule has 0 radical (unpaired) electrons. The summed E-state index contributed by atoms with van der Waals surface area (Å²) in [5, 5.41) is 16.0. The van der Waals surface area contributed by atoms with Gasteiger partial charge in [-0.3, -0.25) is 4.68 Å². The van der Waals surface area contributed by atoms with Crippen molar-refractivity contribution in [3.63, 3.8) is 0 Å². The third kappa shape index (κ3) is 3.50. The lowest BCUT2D eigenvalue weighted by atomic mass is 9.91. The van der Waals surface area contributed by atoms with Gasteiger partial charge in [-0.05, 0) is 38.0 Å². The van der Waals surface area contributed by atoms with Gasteiger partial charge in [-0.1, -0.05) is 46.6 Å². The first-order valence-electron chi connectivity index (χ1n) is 7.11. The number of aryl methyl sites for hydroxylation is 2. The van der Waals surface area contributed by atoms with E-state index in [4.69, 9.17) is 11.6 Å². The van der Waals surface area contributed by atoms with Gasteiger partial charge in [0.05, 0.1) is 22.0 Å². The molecule has 0 fully saturated rings. The van der Waals surface area contributed by atoms with Crippen LogP contribution < -0.4 is 0 Å². The molecular weight excluding hydrogens is 352 g/mol. The van der Waals surface area contributed by atoms with Gasteiger partial charge in [0, 0.05) is 17.4 Å². The van der Waals surface area contributed by atoms with E-state index in [1.165, 1.54) is 0 Å². The first kappa shape index (κ1) is 16.5. The number of nitrogens with zero attached hydrogens (tertiary/aromatic N) is 2. The molecule has 0 aliphatic carbocycles. The van der Waals surface area contributed by atoms with Crippen LogP contribution in [0.2, 0.25) is 5.02 Å². The SMILES string of the molecule is CCc1nn(CC)c(CC(C)(O)c2ccc(Br)cc2)c1Cl. The second kappa shape index (κ2) is 6.51. The molecule has 0 bridgehead atoms. The van der Waals surface area contributed by atoms with Crippen molar-refractivity contribution in [2.75, 3.05) is 0 Å². The van der Waals surface area contributed by atoms with Crippen LogP contribution in [0, 0.1) is 0 Å². The Morgan fingerprint density at radius 2 is 1.90 bits per heavy atom. The molecule has 1 aromatic carbocycles. The molecule has 2 aromatic rings. The summed E-state index contributed by atoms with van der Waals surface area (Å²) in [7, 11) is 0. The standard InChI is InChI=1S/C16H20BrClN2O/c1-4-13-15(18)14(20(5-2)19-13)10-16(3,21)11-6-8-12(17)9-7-11/h6-9,21H,4-5,10H2,1-3H3. The maximum Gasteiger partial charge on any atom is 0.0924 e. The average Bonchev–Trinajstić information content (AvgIpc) is 2.75. The molecule has 0 aliphatic heterocycles. The van der Waals surface area contributed by atoms with Gasteiger partial charge in [0.2, 0.25) is 0 Å². The number of hydrogen-bond acceptors (Lipinski definition) is 2. The van der Waals surface area contributed by atoms with E-state index < -0.39 is 5.60 Å². The van der Waals surface area contributed by atoms with E-state index in [9.17, 15) is 5.11 Å². The lowest BCUT2D eigenvalue weighted by Gasteiger charge is -2.24. The second-order valence-corrected chi connectivity index (χ2v) is 6.63. The summed E-state index contributed by atoms with van der Waals surface area (Å²) in [5.74, 6) is 0. The number of hydrogen-bond donors (Lipinski definition) is 1. The van der Waals surface area contributed by atoms with Crippen LogP contribution in [0.25, 0.3) is 0 Å². The first-order chi connectivity index (χ1) is 9.89. The monoisotopic (exact) mass is 370 g/mol. The summed E-state index contributed by atoms with van der Waals surface area (Å²) in [6.45, 7) is 6.61. The molecule has 1 N–H and O–H groups in total. The highest BCUT2D eigenvalue weighted by Crippen LogP contribution is 2.31. The molecule has 1 heterocycles. The molecule has 0 saturated carbocycles. The van der Waals surface area contributed by atoms with Crippen molar-refractivity contribution >= 4 is 27.5 Å². The molecule has 1 aromatic heterocycles. The maximum atomic E-state index is 10.8. The summed E-state index contributed by atoms with van der Waals surface area (Å²) in [6, 6.07) is 7.71. The number of rotatable bonds is 5. The zero-order valence-corrected chi connectivity index (χ0v) is 14.9. The average molecular weight is 372 g/mol. The molecule has 114 valence electrons. The molecule has 0 spiro atoms. The van der Waals surface area contributed by atoms with Crippen molar-refractivity contribution in [1.82, 2.24) is 9.78 Å². The smallest absolute Gasteiger partial charge is 0.0924 e. The highest BCUT2D eigenvalue weighted by atomic mass is 79.9. The van der Waals surface area contributed by atoms with Gasteiger partial charge in [0.25, 0.3) is 0 Å². The number of aromatic nitrogens is 2. The van der Waals surface area contributed by atoms with Crippen molar-refractivity contribution in [3.05, 3.63) is 50.7 Å². The summed E-state index contributed by atoms with van der Waals surface area (Å²) >= 11 is 9.83. The van der Waals surface area contributed by atoms with Crippen LogP contribution in [0.1, 0.15) is 37.7 Å². The zero-order chi connectivity index (χ0) is 15.6. The molecule has 0 aliphatic rings. The molecule has 1 atom stereocenters. The normalized spacial score (nSPS) is 14.2. The van der Waals surface area contributed by atoms with Crippen LogP contribution in [0.15, 0.2) is 28.7 Å². The van der Waals surface area contributed by atoms with Gasteiger partial charge in [-0.2, -0.15) is 5.10 Å². The molecule has 3 nitrogen and oxygen atoms in total. The molecule has 1 unspecified atom stereocenters. The predicted octanol–water partition coefficient (Wildman–Crippen LogP) is 4.33. The van der Waals surface area contributed by atoms with Crippen molar-refractivity contribution in [1.29, 1.82) is 0 Å². The Balaban J connectivity index is 2.36. The van der Waals surface area contributed by atoms with Crippen LogP contribution in [-0.4, -0.2) is 14.9 Å². The predicted molar refractivity (Wildman–Crippen MR) is 89.7 cm³/mol. The Labute approximate surface area is 139 Å². The van der Waals surface area contributed by atoms with Crippen LogP contribution in [-0.2, 0) is 25.0 Å². The van der Waals surface area contributed by atoms with E-state index in [2.05, 4.69) is 21.0 Å². The minimum Gasteiger partial charge on any atom is -0.385 e. The van der Waals surface area contributed by atoms with Crippen molar-refractivity contribution in [2.24, 2.45) is 0 Å². The molecule has 21 heavy (non-hydrogen) atoms. The second-order valence-electron chi connectivity index (χ2n) is 5.33. The Morgan fingerprint density at radius 1 is 1.29 bits per heavy atom. The third-order valence-corrected chi connectivity index (χ3v) is 4.64. The van der Waals surface area contributed by atoms with Crippen molar-refractivity contribution in [3.8, 4) is 0 Å². The minimum atomic E-state index is -0.984. The van der Waals surface area contributed by atoms with Gasteiger partial charge in [0.1, 0.15) is 0 Å². The Hall–Kier alpha value is -0.840. The van der Waals surface area contributed by atoms with E-state index >= 15 is 0 Å². The van der Waals surface area contributed by atoms with E-state index in [0.717, 1.165) is 34.4 Å². The third-order valence-electron chi connectivity index (χ3n) is 3.67. The van der Waals surface area contributed by atoms with E-state index in [1.807, 2.05) is 49.7 Å². The lowest BCUT2D eigenvalue weighted by Crippen LogP contribution is -2.26. The van der Waals surface area contributed by atoms with E-state index in [1.54, 1.807) is 0 Å². The molecular formula is C16H20BrClN2O. The van der Waals surface area contributed by atoms with E-state index in [-0.39, 0.29) is 0 Å². The molecule has 2 rings (SSSR count). The highest BCUT2D eigenvalue weighted by molar-refractivity contribution is 9.10. The van der Waals surface area contributed by atoms with Crippen LogP contribution in [0.5, 0.6) is 0 Å². The van der Waals surface area contributed by atoms with Crippen molar-refractivity contribution < 1.29 is 5.11 Å². The summed E-state index contributed by atoms with van der Waals surface area (Å²) in [6.07, 6.45) is 1.23. The summed E-state index contributed by atoms with van der Waals surface area (Å²) < 4.78 is 2.88. The quantitative estimate of drug-likeness (QED) is 0.849. The summed E-state index contributed by atoms with van der Waals surface area (Å²) in [5.41, 5.74) is 1.66. The zero-order valence-electron chi connectivity index (χ0n) is 12.5. The fraction of sp³-hybridized carbons (Fsp3) is 0.438. The molecule has 5 heteroatoms. The maximum absolute atomic E-state index is 10.8. The van der Waals surface area contributed by atoms with Crippen LogP contribution >= 0.6 is 27.5 Å². The van der Waals surface area contributed by atoms with E-state index in [0.29, 0.717) is 11.4 Å². The van der Waals surface area contributed by atoms with Gasteiger partial charge >= 0.3 is 0 Å². The van der Waals surface area contributed by atoms with Gasteiger partial charge in [0.15, 0.2) is 0 Å². The topological polar surface area (TPSA) is 38.0 Å². The number of aliphatic hydroxyl groups is 1. The fourth-order valence-corrected chi connectivity index (χ4v) is 3.02.